The fourth-order valence-electron chi connectivity index (χ4n) is 3.16. The minimum Gasteiger partial charge on any atom is -0.372 e. The summed E-state index contributed by atoms with van der Waals surface area (Å²) in [5.41, 5.74) is 1.68. The van der Waals surface area contributed by atoms with Gasteiger partial charge in [-0.3, -0.25) is 4.79 Å². The number of hydrogen-bond acceptors (Lipinski definition) is 3. The highest BCUT2D eigenvalue weighted by Gasteiger charge is 2.24. The van der Waals surface area contributed by atoms with Gasteiger partial charge in [0.05, 0.1) is 4.88 Å². The van der Waals surface area contributed by atoms with Gasteiger partial charge in [0.25, 0.3) is 5.91 Å². The maximum atomic E-state index is 12.6. The molecule has 1 aromatic carbocycles. The van der Waals surface area contributed by atoms with E-state index < -0.39 is 0 Å². The van der Waals surface area contributed by atoms with Gasteiger partial charge >= 0.3 is 0 Å². The molecule has 1 fully saturated rings. The van der Waals surface area contributed by atoms with Crippen LogP contribution >= 0.6 is 22.9 Å². The zero-order valence-corrected chi connectivity index (χ0v) is 16.0. The van der Waals surface area contributed by atoms with Crippen LogP contribution in [0.1, 0.15) is 23.3 Å². The lowest BCUT2D eigenvalue weighted by Crippen LogP contribution is -3.12. The molecular weight excluding hydrogens is 356 g/mol. The van der Waals surface area contributed by atoms with Crippen molar-refractivity contribution in [3.05, 3.63) is 51.2 Å². The van der Waals surface area contributed by atoms with Crippen LogP contribution in [0.15, 0.2) is 35.7 Å². The lowest BCUT2D eigenvalue weighted by Gasteiger charge is -2.21. The molecule has 6 heteroatoms. The third-order valence-electron chi connectivity index (χ3n) is 4.50. The average molecular weight is 380 g/mol. The number of ether oxygens (including phenoxy) is 1. The number of anilines is 1. The molecule has 0 spiro atoms. The highest BCUT2D eigenvalue weighted by molar-refractivity contribution is 7.09. The summed E-state index contributed by atoms with van der Waals surface area (Å²) in [6, 6.07) is 9.75. The Kier molecular flexibility index (Phi) is 6.48. The molecule has 1 saturated heterocycles. The number of amides is 1. The fourth-order valence-corrected chi connectivity index (χ4v) is 4.11. The Balaban J connectivity index is 1.63. The molecule has 2 heterocycles. The van der Waals surface area contributed by atoms with E-state index in [1.165, 1.54) is 9.78 Å². The Hall–Kier alpha value is -1.40. The zero-order chi connectivity index (χ0) is 17.6. The first-order valence-corrected chi connectivity index (χ1v) is 9.90. The lowest BCUT2D eigenvalue weighted by atomic mass is 10.2. The third kappa shape index (κ3) is 5.28. The number of carbonyl (C=O) groups excluding carboxylic acids is 1. The lowest BCUT2D eigenvalue weighted by molar-refractivity contribution is -0.908. The molecule has 1 aliphatic heterocycles. The molecule has 3 rings (SSSR count). The molecule has 4 nitrogen and oxygen atoms in total. The van der Waals surface area contributed by atoms with Crippen molar-refractivity contribution < 1.29 is 14.4 Å². The maximum absolute atomic E-state index is 12.6. The predicted octanol–water partition coefficient (Wildman–Crippen LogP) is 2.91. The number of benzene rings is 1. The van der Waals surface area contributed by atoms with E-state index in [9.17, 15) is 4.79 Å². The average Bonchev–Trinajstić information content (AvgIpc) is 3.26. The Morgan fingerprint density at radius 2 is 2.28 bits per heavy atom. The molecule has 1 aliphatic rings. The number of thiophene rings is 1. The van der Waals surface area contributed by atoms with Crippen LogP contribution in [0, 0.1) is 6.92 Å². The molecule has 1 unspecified atom stereocenters. The van der Waals surface area contributed by atoms with Crippen LogP contribution < -0.4 is 10.2 Å². The van der Waals surface area contributed by atoms with Gasteiger partial charge in [0.15, 0.2) is 6.54 Å². The van der Waals surface area contributed by atoms with Crippen LogP contribution in [-0.4, -0.2) is 31.7 Å². The molecule has 134 valence electrons. The van der Waals surface area contributed by atoms with Gasteiger partial charge in [-0.1, -0.05) is 23.7 Å². The molecule has 0 bridgehead atoms. The van der Waals surface area contributed by atoms with Gasteiger partial charge in [-0.15, -0.1) is 11.3 Å². The summed E-state index contributed by atoms with van der Waals surface area (Å²) >= 11 is 7.87. The summed E-state index contributed by atoms with van der Waals surface area (Å²) in [6.07, 6.45) is 2.46. The topological polar surface area (TPSA) is 42.8 Å². The van der Waals surface area contributed by atoms with Crippen LogP contribution in [-0.2, 0) is 16.1 Å². The highest BCUT2D eigenvalue weighted by atomic mass is 35.5. The van der Waals surface area contributed by atoms with Crippen molar-refractivity contribution in [3.63, 3.8) is 0 Å². The second-order valence-corrected chi connectivity index (χ2v) is 7.92. The highest BCUT2D eigenvalue weighted by Crippen LogP contribution is 2.22. The van der Waals surface area contributed by atoms with Crippen molar-refractivity contribution in [2.75, 3.05) is 25.0 Å². The van der Waals surface area contributed by atoms with Crippen LogP contribution in [0.4, 0.5) is 5.69 Å². The Morgan fingerprint density at radius 1 is 1.40 bits per heavy atom. The summed E-state index contributed by atoms with van der Waals surface area (Å²) in [5, 5.41) is 5.75. The number of hydrogen-bond donors (Lipinski definition) is 2. The van der Waals surface area contributed by atoms with E-state index in [1.54, 1.807) is 11.3 Å². The van der Waals surface area contributed by atoms with E-state index in [0.717, 1.165) is 43.8 Å². The summed E-state index contributed by atoms with van der Waals surface area (Å²) in [6.45, 7) is 4.88. The normalized spacial score (nSPS) is 18.2. The van der Waals surface area contributed by atoms with E-state index in [4.69, 9.17) is 16.3 Å². The van der Waals surface area contributed by atoms with Gasteiger partial charge in [-0.05, 0) is 48.9 Å². The van der Waals surface area contributed by atoms with Crippen LogP contribution in [0.3, 0.4) is 0 Å². The van der Waals surface area contributed by atoms with Gasteiger partial charge in [-0.2, -0.15) is 0 Å². The molecule has 2 atom stereocenters. The van der Waals surface area contributed by atoms with Gasteiger partial charge < -0.3 is 15.0 Å². The maximum Gasteiger partial charge on any atom is 0.279 e. The molecule has 2 N–H and O–H groups in total. The van der Waals surface area contributed by atoms with Crippen molar-refractivity contribution in [2.45, 2.75) is 32.4 Å². The molecular formula is C19H24ClN2O2S+. The van der Waals surface area contributed by atoms with Gasteiger partial charge in [0, 0.05) is 17.3 Å². The smallest absolute Gasteiger partial charge is 0.279 e. The molecule has 1 amide bonds. The second kappa shape index (κ2) is 8.81. The summed E-state index contributed by atoms with van der Waals surface area (Å²) in [5.74, 6) is 0.00918. The summed E-state index contributed by atoms with van der Waals surface area (Å²) in [4.78, 5) is 15.1. The molecule has 25 heavy (non-hydrogen) atoms. The Morgan fingerprint density at radius 3 is 3.00 bits per heavy atom. The first kappa shape index (κ1) is 18.4. The number of rotatable bonds is 7. The van der Waals surface area contributed by atoms with Crippen molar-refractivity contribution in [1.29, 1.82) is 0 Å². The number of carbonyl (C=O) groups is 1. The Labute approximate surface area is 157 Å². The van der Waals surface area contributed by atoms with Gasteiger partial charge in [0.1, 0.15) is 19.2 Å². The molecule has 0 aliphatic carbocycles. The van der Waals surface area contributed by atoms with Crippen molar-refractivity contribution >= 4 is 34.5 Å². The van der Waals surface area contributed by atoms with Crippen molar-refractivity contribution in [3.8, 4) is 0 Å². The van der Waals surface area contributed by atoms with E-state index in [2.05, 4.69) is 22.8 Å². The van der Waals surface area contributed by atoms with Crippen molar-refractivity contribution in [1.82, 2.24) is 0 Å². The molecule has 0 saturated carbocycles. The summed E-state index contributed by atoms with van der Waals surface area (Å²) < 4.78 is 5.77. The zero-order valence-electron chi connectivity index (χ0n) is 14.4. The monoisotopic (exact) mass is 379 g/mol. The first-order chi connectivity index (χ1) is 12.1. The minimum atomic E-state index is 0.00918. The molecule has 1 aromatic heterocycles. The molecule has 0 radical (unpaired) electrons. The van der Waals surface area contributed by atoms with E-state index in [0.29, 0.717) is 11.6 Å². The predicted molar refractivity (Wildman–Crippen MR) is 103 cm³/mol. The van der Waals surface area contributed by atoms with Crippen LogP contribution in [0.25, 0.3) is 0 Å². The van der Waals surface area contributed by atoms with Crippen LogP contribution in [0.2, 0.25) is 5.02 Å². The fraction of sp³-hybridized carbons (Fsp3) is 0.421. The SMILES string of the molecule is Cc1c(Cl)cccc1NC(=O)C[NH+](Cc1cccs1)C[C@@H]1CCCO1. The van der Waals surface area contributed by atoms with Crippen LogP contribution in [0.5, 0.6) is 0 Å². The van der Waals surface area contributed by atoms with Crippen molar-refractivity contribution in [2.24, 2.45) is 0 Å². The Bertz CT molecular complexity index is 699. The minimum absolute atomic E-state index is 0.00918. The van der Waals surface area contributed by atoms with Gasteiger partial charge in [-0.25, -0.2) is 0 Å². The number of quaternary nitrogens is 1. The van der Waals surface area contributed by atoms with Gasteiger partial charge in [0.2, 0.25) is 0 Å². The molecule has 2 aromatic rings. The standard InChI is InChI=1S/C19H23ClN2O2S/c1-14-17(20)7-2-8-18(14)21-19(23)13-22(11-15-5-3-9-24-15)12-16-6-4-10-25-16/h2,4,6-8,10,15H,3,5,9,11-13H2,1H3,(H,21,23)/p+1/t15-/m0/s1. The van der Waals surface area contributed by atoms with E-state index in [-0.39, 0.29) is 12.0 Å². The summed E-state index contributed by atoms with van der Waals surface area (Å²) in [7, 11) is 0. The van der Waals surface area contributed by atoms with E-state index in [1.807, 2.05) is 25.1 Å². The quantitative estimate of drug-likeness (QED) is 0.776. The second-order valence-electron chi connectivity index (χ2n) is 6.48. The number of halogens is 1. The third-order valence-corrected chi connectivity index (χ3v) is 5.78. The number of nitrogens with one attached hydrogen (secondary N) is 2. The largest absolute Gasteiger partial charge is 0.372 e. The first-order valence-electron chi connectivity index (χ1n) is 8.64. The van der Waals surface area contributed by atoms with E-state index >= 15 is 0 Å².